The number of amides is 1. The lowest BCUT2D eigenvalue weighted by molar-refractivity contribution is 0.101. The van der Waals surface area contributed by atoms with Crippen molar-refractivity contribution < 1.29 is 9.32 Å². The van der Waals surface area contributed by atoms with Crippen molar-refractivity contribution in [2.75, 3.05) is 5.32 Å². The molecule has 5 rings (SSSR count). The van der Waals surface area contributed by atoms with E-state index in [4.69, 9.17) is 0 Å². The van der Waals surface area contributed by atoms with Crippen LogP contribution in [0.5, 0.6) is 0 Å². The molecule has 0 spiro atoms. The summed E-state index contributed by atoms with van der Waals surface area (Å²) in [5.74, 6) is -0.549. The first-order chi connectivity index (χ1) is 15.2. The van der Waals surface area contributed by atoms with Crippen LogP contribution in [0.25, 0.3) is 22.3 Å². The lowest BCUT2D eigenvalue weighted by Crippen LogP contribution is -2.17. The van der Waals surface area contributed by atoms with Gasteiger partial charge in [-0.1, -0.05) is 65.8 Å². The topological polar surface area (TPSA) is 92.9 Å². The molecule has 2 aromatic heterocycles. The van der Waals surface area contributed by atoms with E-state index in [1.807, 2.05) is 65.2 Å². The van der Waals surface area contributed by atoms with Crippen molar-refractivity contribution in [3.05, 3.63) is 107 Å². The van der Waals surface area contributed by atoms with E-state index in [1.165, 1.54) is 0 Å². The van der Waals surface area contributed by atoms with Gasteiger partial charge in [0.25, 0.3) is 5.91 Å². The van der Waals surface area contributed by atoms with E-state index in [1.54, 1.807) is 24.3 Å². The number of nitrogens with zero attached hydrogens (tertiary/aromatic N) is 2. The molecule has 7 heteroatoms. The molecule has 0 saturated heterocycles. The number of anilines is 1. The van der Waals surface area contributed by atoms with Crippen LogP contribution >= 0.6 is 0 Å². The zero-order valence-electron chi connectivity index (χ0n) is 16.4. The summed E-state index contributed by atoms with van der Waals surface area (Å²) in [5.41, 5.74) is 3.88. The van der Waals surface area contributed by atoms with E-state index in [2.05, 4.69) is 20.0 Å². The summed E-state index contributed by atoms with van der Waals surface area (Å²) in [6, 6.07) is 26.9. The van der Waals surface area contributed by atoms with E-state index in [0.717, 1.165) is 16.5 Å². The highest BCUT2D eigenvalue weighted by atomic mass is 16.5. The third kappa shape index (κ3) is 3.76. The average Bonchev–Trinajstić information content (AvgIpc) is 3.39. The van der Waals surface area contributed by atoms with Gasteiger partial charge in [-0.05, 0) is 29.8 Å². The Kier molecular flexibility index (Phi) is 4.68. The normalized spacial score (nSPS) is 11.0. The van der Waals surface area contributed by atoms with Gasteiger partial charge in [0.05, 0.1) is 0 Å². The van der Waals surface area contributed by atoms with Gasteiger partial charge in [0.1, 0.15) is 5.69 Å². The molecule has 3 aromatic carbocycles. The van der Waals surface area contributed by atoms with Gasteiger partial charge in [-0.25, -0.2) is 4.79 Å². The van der Waals surface area contributed by atoms with Crippen LogP contribution in [0.4, 0.5) is 5.69 Å². The molecule has 1 amide bonds. The number of hydrogen-bond acceptors (Lipinski definition) is 4. The van der Waals surface area contributed by atoms with Crippen LogP contribution in [0.3, 0.4) is 0 Å². The van der Waals surface area contributed by atoms with Gasteiger partial charge in [-0.3, -0.25) is 14.3 Å². The molecular formula is C24H18N4O3. The maximum atomic E-state index is 13.2. The molecule has 0 fully saturated rings. The third-order valence-corrected chi connectivity index (χ3v) is 5.06. The molecule has 0 atom stereocenters. The van der Waals surface area contributed by atoms with Gasteiger partial charge in [-0.15, -0.1) is 0 Å². The van der Waals surface area contributed by atoms with Crippen LogP contribution in [0, 0.1) is 0 Å². The molecule has 0 saturated carbocycles. The SMILES string of the molecule is O=C(Nc1cccc(-c2noc(=O)[nH]2)c1)c1cc2ccccc2n1Cc1ccccc1. The fourth-order valence-electron chi connectivity index (χ4n) is 3.63. The lowest BCUT2D eigenvalue weighted by Gasteiger charge is -2.12. The minimum absolute atomic E-state index is 0.224. The molecule has 0 aliphatic rings. The molecule has 152 valence electrons. The maximum absolute atomic E-state index is 13.2. The Bertz CT molecular complexity index is 1430. The second-order valence-electron chi connectivity index (χ2n) is 7.14. The monoisotopic (exact) mass is 410 g/mol. The minimum atomic E-state index is -0.630. The Morgan fingerprint density at radius 2 is 1.77 bits per heavy atom. The molecule has 2 heterocycles. The van der Waals surface area contributed by atoms with Crippen molar-refractivity contribution in [2.45, 2.75) is 6.54 Å². The fraction of sp³-hybridized carbons (Fsp3) is 0.0417. The second-order valence-corrected chi connectivity index (χ2v) is 7.14. The summed E-state index contributed by atoms with van der Waals surface area (Å²) in [6.07, 6.45) is 0. The average molecular weight is 410 g/mol. The summed E-state index contributed by atoms with van der Waals surface area (Å²) in [6.45, 7) is 0.581. The number of aromatic amines is 1. The molecule has 31 heavy (non-hydrogen) atoms. The summed E-state index contributed by atoms with van der Waals surface area (Å²) >= 11 is 0. The smallest absolute Gasteiger partial charge is 0.332 e. The number of nitrogens with one attached hydrogen (secondary N) is 2. The largest absolute Gasteiger partial charge is 0.439 e. The predicted octanol–water partition coefficient (Wildman–Crippen LogP) is 4.29. The van der Waals surface area contributed by atoms with Crippen molar-refractivity contribution in [1.82, 2.24) is 14.7 Å². The molecule has 0 unspecified atom stereocenters. The molecule has 0 aliphatic carbocycles. The Morgan fingerprint density at radius 3 is 2.58 bits per heavy atom. The van der Waals surface area contributed by atoms with Crippen molar-refractivity contribution in [3.63, 3.8) is 0 Å². The standard InChI is InChI=1S/C24H18N4O3/c29-23(25-19-11-6-10-18(13-19)22-26-24(30)31-27-22)21-14-17-9-4-5-12-20(17)28(21)15-16-7-2-1-3-8-16/h1-14H,15H2,(H,25,29)(H,26,27,30). The van der Waals surface area contributed by atoms with E-state index in [-0.39, 0.29) is 5.91 Å². The number of H-pyrrole nitrogens is 1. The number of rotatable bonds is 5. The molecule has 0 radical (unpaired) electrons. The van der Waals surface area contributed by atoms with Crippen molar-refractivity contribution in [3.8, 4) is 11.4 Å². The molecule has 0 aliphatic heterocycles. The van der Waals surface area contributed by atoms with Gasteiger partial charge < -0.3 is 9.88 Å². The van der Waals surface area contributed by atoms with Gasteiger partial charge in [0, 0.05) is 28.7 Å². The van der Waals surface area contributed by atoms with Gasteiger partial charge in [-0.2, -0.15) is 0 Å². The Morgan fingerprint density at radius 1 is 0.968 bits per heavy atom. The summed E-state index contributed by atoms with van der Waals surface area (Å²) in [7, 11) is 0. The van der Waals surface area contributed by atoms with Gasteiger partial charge >= 0.3 is 5.76 Å². The van der Waals surface area contributed by atoms with Crippen LogP contribution < -0.4 is 11.1 Å². The fourth-order valence-corrected chi connectivity index (χ4v) is 3.63. The first-order valence-corrected chi connectivity index (χ1v) is 9.77. The highest BCUT2D eigenvalue weighted by Gasteiger charge is 2.16. The van der Waals surface area contributed by atoms with Gasteiger partial charge in [0.2, 0.25) is 0 Å². The first kappa shape index (κ1) is 18.6. The Balaban J connectivity index is 1.49. The maximum Gasteiger partial charge on any atom is 0.439 e. The molecule has 0 bridgehead atoms. The number of benzene rings is 3. The van der Waals surface area contributed by atoms with Crippen LogP contribution in [-0.4, -0.2) is 20.6 Å². The zero-order chi connectivity index (χ0) is 21.2. The van der Waals surface area contributed by atoms with E-state index < -0.39 is 5.76 Å². The Labute approximate surface area is 176 Å². The van der Waals surface area contributed by atoms with Crippen LogP contribution in [0.2, 0.25) is 0 Å². The van der Waals surface area contributed by atoms with Crippen LogP contribution in [0.15, 0.2) is 94.2 Å². The number of hydrogen-bond donors (Lipinski definition) is 2. The number of aromatic nitrogens is 3. The lowest BCUT2D eigenvalue weighted by atomic mass is 10.2. The summed E-state index contributed by atoms with van der Waals surface area (Å²) < 4.78 is 6.58. The summed E-state index contributed by atoms with van der Waals surface area (Å²) in [4.78, 5) is 27.0. The first-order valence-electron chi connectivity index (χ1n) is 9.77. The highest BCUT2D eigenvalue weighted by molar-refractivity contribution is 6.06. The van der Waals surface area contributed by atoms with E-state index in [9.17, 15) is 9.59 Å². The molecule has 2 N–H and O–H groups in total. The zero-order valence-corrected chi connectivity index (χ0v) is 16.4. The van der Waals surface area contributed by atoms with Crippen molar-refractivity contribution >= 4 is 22.5 Å². The molecule has 5 aromatic rings. The number of carbonyl (C=O) groups is 1. The molecular weight excluding hydrogens is 392 g/mol. The van der Waals surface area contributed by atoms with Gasteiger partial charge in [0.15, 0.2) is 5.82 Å². The van der Waals surface area contributed by atoms with Crippen LogP contribution in [0.1, 0.15) is 16.1 Å². The number of carbonyl (C=O) groups excluding carboxylic acids is 1. The number of para-hydroxylation sites is 1. The summed E-state index contributed by atoms with van der Waals surface area (Å²) in [5, 5.41) is 7.64. The van der Waals surface area contributed by atoms with Crippen molar-refractivity contribution in [1.29, 1.82) is 0 Å². The van der Waals surface area contributed by atoms with Crippen LogP contribution in [-0.2, 0) is 6.54 Å². The highest BCUT2D eigenvalue weighted by Crippen LogP contribution is 2.24. The minimum Gasteiger partial charge on any atom is -0.332 e. The Hall–Kier alpha value is -4.39. The predicted molar refractivity (Wildman–Crippen MR) is 118 cm³/mol. The second kappa shape index (κ2) is 7.79. The molecule has 7 nitrogen and oxygen atoms in total. The van der Waals surface area contributed by atoms with E-state index >= 15 is 0 Å². The van der Waals surface area contributed by atoms with E-state index in [0.29, 0.717) is 29.3 Å². The van der Waals surface area contributed by atoms with Crippen molar-refractivity contribution in [2.24, 2.45) is 0 Å². The number of fused-ring (bicyclic) bond motifs is 1. The third-order valence-electron chi connectivity index (χ3n) is 5.06. The quantitative estimate of drug-likeness (QED) is 0.452.